The minimum atomic E-state index is -0.545. The van der Waals surface area contributed by atoms with Gasteiger partial charge in [-0.1, -0.05) is 12.1 Å². The zero-order valence-corrected chi connectivity index (χ0v) is 18.8. The third-order valence-electron chi connectivity index (χ3n) is 4.90. The minimum Gasteiger partial charge on any atom is -0.493 e. The fourth-order valence-corrected chi connectivity index (χ4v) is 3.51. The number of carbonyl (C=O) groups excluding carboxylic acids is 1. The van der Waals surface area contributed by atoms with E-state index in [9.17, 15) is 4.79 Å². The van der Waals surface area contributed by atoms with Crippen molar-refractivity contribution in [2.24, 2.45) is 0 Å². The number of hydrogen-bond donors (Lipinski definition) is 1. The van der Waals surface area contributed by atoms with Crippen LogP contribution in [0.2, 0.25) is 0 Å². The molecule has 0 saturated heterocycles. The molecule has 0 bridgehead atoms. The van der Waals surface area contributed by atoms with Gasteiger partial charge in [-0.15, -0.1) is 0 Å². The zero-order valence-electron chi connectivity index (χ0n) is 18.8. The second kappa shape index (κ2) is 8.37. The summed E-state index contributed by atoms with van der Waals surface area (Å²) in [6.07, 6.45) is 3.08. The van der Waals surface area contributed by atoms with E-state index in [2.05, 4.69) is 19.9 Å². The summed E-state index contributed by atoms with van der Waals surface area (Å²) in [4.78, 5) is 21.0. The van der Waals surface area contributed by atoms with Crippen molar-refractivity contribution in [3.8, 4) is 11.5 Å². The number of hydrogen-bond acceptors (Lipinski definition) is 6. The van der Waals surface area contributed by atoms with Crippen molar-refractivity contribution in [2.75, 3.05) is 19.5 Å². The lowest BCUT2D eigenvalue weighted by Gasteiger charge is -2.19. The highest BCUT2D eigenvalue weighted by Gasteiger charge is 2.16. The number of benzene rings is 2. The van der Waals surface area contributed by atoms with E-state index in [1.165, 1.54) is 0 Å². The molecule has 8 heteroatoms. The number of carbonyl (C=O) groups is 1. The smallest absolute Gasteiger partial charge is 0.412 e. The number of rotatable bonds is 5. The van der Waals surface area contributed by atoms with Gasteiger partial charge in [-0.25, -0.2) is 9.78 Å². The van der Waals surface area contributed by atoms with Crippen LogP contribution in [0, 0.1) is 0 Å². The second-order valence-corrected chi connectivity index (χ2v) is 8.41. The van der Waals surface area contributed by atoms with Gasteiger partial charge in [0.05, 0.1) is 37.8 Å². The van der Waals surface area contributed by atoms with Crippen LogP contribution >= 0.6 is 0 Å². The first kappa shape index (κ1) is 21.4. The fraction of sp³-hybridized carbons (Fsp3) is 0.292. The molecule has 0 radical (unpaired) electrons. The maximum Gasteiger partial charge on any atom is 0.412 e. The van der Waals surface area contributed by atoms with Crippen molar-refractivity contribution in [3.05, 3.63) is 54.5 Å². The monoisotopic (exact) mass is 434 g/mol. The fourth-order valence-electron chi connectivity index (χ4n) is 3.51. The molecule has 0 spiro atoms. The Kier molecular flexibility index (Phi) is 5.61. The molecule has 0 aliphatic heterocycles. The van der Waals surface area contributed by atoms with Crippen LogP contribution in [0.1, 0.15) is 26.3 Å². The number of pyridine rings is 1. The first-order valence-corrected chi connectivity index (χ1v) is 10.2. The van der Waals surface area contributed by atoms with Gasteiger partial charge in [0, 0.05) is 23.7 Å². The van der Waals surface area contributed by atoms with Crippen molar-refractivity contribution in [3.63, 3.8) is 0 Å². The Bertz CT molecular complexity index is 1270. The maximum absolute atomic E-state index is 12.0. The van der Waals surface area contributed by atoms with Crippen LogP contribution in [0.15, 0.2) is 48.9 Å². The summed E-state index contributed by atoms with van der Waals surface area (Å²) in [5, 5.41) is 3.68. The molecule has 0 saturated carbocycles. The van der Waals surface area contributed by atoms with Crippen LogP contribution in [-0.2, 0) is 11.3 Å². The number of nitrogens with zero attached hydrogens (tertiary/aromatic N) is 3. The number of fused-ring (bicyclic) bond motifs is 3. The summed E-state index contributed by atoms with van der Waals surface area (Å²) in [6.45, 7) is 6.10. The number of ether oxygens (including phenoxy) is 3. The number of aromatic nitrogens is 3. The number of amides is 1. The largest absolute Gasteiger partial charge is 0.493 e. The van der Waals surface area contributed by atoms with Gasteiger partial charge < -0.3 is 18.8 Å². The standard InChI is InChI=1S/C24H26N4O4/c1-24(2,3)32-23(29)27-16-8-6-15(7-9-16)13-28-14-26-19-12-25-18-11-21(31-5)20(30-4)10-17(18)22(19)28/h6-12,14H,13H2,1-5H3,(H,27,29). The average Bonchev–Trinajstić information content (AvgIpc) is 3.15. The Labute approximate surface area is 186 Å². The molecular weight excluding hydrogens is 408 g/mol. The number of methoxy groups -OCH3 is 2. The SMILES string of the molecule is COc1cc2ncc3ncn(Cc4ccc(NC(=O)OC(C)(C)C)cc4)c3c2cc1OC. The van der Waals surface area contributed by atoms with Gasteiger partial charge >= 0.3 is 6.09 Å². The van der Waals surface area contributed by atoms with Gasteiger partial charge in [0.1, 0.15) is 11.1 Å². The van der Waals surface area contributed by atoms with Crippen LogP contribution in [0.5, 0.6) is 11.5 Å². The summed E-state index contributed by atoms with van der Waals surface area (Å²) < 4.78 is 18.2. The zero-order chi connectivity index (χ0) is 22.9. The second-order valence-electron chi connectivity index (χ2n) is 8.41. The first-order chi connectivity index (χ1) is 15.3. The molecule has 0 aliphatic carbocycles. The van der Waals surface area contributed by atoms with E-state index < -0.39 is 11.7 Å². The minimum absolute atomic E-state index is 0.478. The number of nitrogens with one attached hydrogen (secondary N) is 1. The Morgan fingerprint density at radius 3 is 2.34 bits per heavy atom. The molecule has 0 unspecified atom stereocenters. The highest BCUT2D eigenvalue weighted by atomic mass is 16.6. The van der Waals surface area contributed by atoms with Crippen molar-refractivity contribution in [1.29, 1.82) is 0 Å². The van der Waals surface area contributed by atoms with Gasteiger partial charge in [-0.3, -0.25) is 10.3 Å². The molecule has 32 heavy (non-hydrogen) atoms. The lowest BCUT2D eigenvalue weighted by atomic mass is 10.1. The Hall–Kier alpha value is -3.81. The van der Waals surface area contributed by atoms with Crippen molar-refractivity contribution in [2.45, 2.75) is 32.9 Å². The molecule has 2 heterocycles. The summed E-state index contributed by atoms with van der Waals surface area (Å²) in [5.74, 6) is 1.27. The van der Waals surface area contributed by atoms with Crippen LogP contribution < -0.4 is 14.8 Å². The first-order valence-electron chi connectivity index (χ1n) is 10.2. The third kappa shape index (κ3) is 4.44. The van der Waals surface area contributed by atoms with Crippen LogP contribution in [0.4, 0.5) is 10.5 Å². The molecule has 4 rings (SSSR count). The van der Waals surface area contributed by atoms with Crippen LogP contribution in [0.3, 0.4) is 0 Å². The van der Waals surface area contributed by atoms with E-state index >= 15 is 0 Å². The molecule has 8 nitrogen and oxygen atoms in total. The molecule has 0 aliphatic rings. The number of anilines is 1. The maximum atomic E-state index is 12.0. The van der Waals surface area contributed by atoms with E-state index in [0.29, 0.717) is 23.7 Å². The molecule has 166 valence electrons. The quantitative estimate of drug-likeness (QED) is 0.476. The molecule has 1 N–H and O–H groups in total. The van der Waals surface area contributed by atoms with Crippen molar-refractivity contribution >= 4 is 33.7 Å². The van der Waals surface area contributed by atoms with E-state index in [1.54, 1.807) is 26.7 Å². The Balaban J connectivity index is 1.62. The van der Waals surface area contributed by atoms with E-state index in [0.717, 1.165) is 27.5 Å². The predicted octanol–water partition coefficient (Wildman–Crippen LogP) is 5.00. The van der Waals surface area contributed by atoms with Gasteiger partial charge in [-0.2, -0.15) is 0 Å². The van der Waals surface area contributed by atoms with Gasteiger partial charge in [0.25, 0.3) is 0 Å². The van der Waals surface area contributed by atoms with Crippen molar-refractivity contribution in [1.82, 2.24) is 14.5 Å². The van der Waals surface area contributed by atoms with Crippen LogP contribution in [-0.4, -0.2) is 40.4 Å². The Morgan fingerprint density at radius 2 is 1.69 bits per heavy atom. The van der Waals surface area contributed by atoms with E-state index in [-0.39, 0.29) is 0 Å². The molecule has 0 fully saturated rings. The highest BCUT2D eigenvalue weighted by Crippen LogP contribution is 2.34. The lowest BCUT2D eigenvalue weighted by Crippen LogP contribution is -2.27. The Morgan fingerprint density at radius 1 is 1.00 bits per heavy atom. The van der Waals surface area contributed by atoms with Gasteiger partial charge in [-0.05, 0) is 44.5 Å². The molecule has 2 aromatic carbocycles. The summed E-state index contributed by atoms with van der Waals surface area (Å²) >= 11 is 0. The summed E-state index contributed by atoms with van der Waals surface area (Å²) in [7, 11) is 3.22. The molecular formula is C24H26N4O4. The summed E-state index contributed by atoms with van der Waals surface area (Å²) in [6, 6.07) is 11.4. The normalized spacial score (nSPS) is 11.5. The third-order valence-corrected chi connectivity index (χ3v) is 4.90. The van der Waals surface area contributed by atoms with E-state index in [1.807, 2.05) is 57.2 Å². The van der Waals surface area contributed by atoms with E-state index in [4.69, 9.17) is 14.2 Å². The summed E-state index contributed by atoms with van der Waals surface area (Å²) in [5.41, 5.74) is 3.75. The van der Waals surface area contributed by atoms with Gasteiger partial charge in [0.15, 0.2) is 11.5 Å². The average molecular weight is 434 g/mol. The molecule has 2 aromatic heterocycles. The topological polar surface area (TPSA) is 87.5 Å². The number of imidazole rings is 1. The van der Waals surface area contributed by atoms with Crippen molar-refractivity contribution < 1.29 is 19.0 Å². The lowest BCUT2D eigenvalue weighted by molar-refractivity contribution is 0.0636. The molecule has 4 aromatic rings. The van der Waals surface area contributed by atoms with Gasteiger partial charge in [0.2, 0.25) is 0 Å². The predicted molar refractivity (Wildman–Crippen MR) is 124 cm³/mol. The molecule has 0 atom stereocenters. The highest BCUT2D eigenvalue weighted by molar-refractivity contribution is 6.03. The van der Waals surface area contributed by atoms with Crippen LogP contribution in [0.25, 0.3) is 21.9 Å². The molecule has 1 amide bonds.